The summed E-state index contributed by atoms with van der Waals surface area (Å²) >= 11 is -2.20. The van der Waals surface area contributed by atoms with Crippen molar-refractivity contribution in [3.63, 3.8) is 0 Å². The Morgan fingerprint density at radius 3 is 2.92 bits per heavy atom. The summed E-state index contributed by atoms with van der Waals surface area (Å²) in [5.41, 5.74) is 1.14. The van der Waals surface area contributed by atoms with E-state index in [1.165, 1.54) is 18.5 Å². The van der Waals surface area contributed by atoms with Gasteiger partial charge in [-0.3, -0.25) is 4.21 Å². The van der Waals surface area contributed by atoms with E-state index in [1.54, 1.807) is 6.07 Å². The Bertz CT molecular complexity index is 442. The van der Waals surface area contributed by atoms with Crippen LogP contribution in [0.25, 0.3) is 11.1 Å². The SMILES string of the molecule is O=S([O-])c1ccc2ocnc2c1.[Na+]. The molecule has 0 aliphatic rings. The fourth-order valence-electron chi connectivity index (χ4n) is 0.941. The molecule has 0 bridgehead atoms. The summed E-state index contributed by atoms with van der Waals surface area (Å²) in [6, 6.07) is 4.51. The Hall–Kier alpha value is -0.200. The first-order valence-electron chi connectivity index (χ1n) is 3.20. The van der Waals surface area contributed by atoms with E-state index in [-0.39, 0.29) is 34.5 Å². The first-order valence-corrected chi connectivity index (χ1v) is 4.27. The average molecular weight is 205 g/mol. The summed E-state index contributed by atoms with van der Waals surface area (Å²) in [5.74, 6) is 0. The number of nitrogens with zero attached hydrogens (tertiary/aromatic N) is 1. The first kappa shape index (κ1) is 10.9. The zero-order valence-electron chi connectivity index (χ0n) is 6.89. The number of hydrogen-bond acceptors (Lipinski definition) is 4. The number of fused-ring (bicyclic) bond motifs is 1. The van der Waals surface area contributed by atoms with Crippen molar-refractivity contribution < 1.29 is 42.7 Å². The number of benzene rings is 1. The molecule has 2 aromatic rings. The van der Waals surface area contributed by atoms with Crippen molar-refractivity contribution in [1.82, 2.24) is 4.98 Å². The van der Waals surface area contributed by atoms with Gasteiger partial charge in [-0.25, -0.2) is 4.98 Å². The third-order valence-electron chi connectivity index (χ3n) is 1.49. The molecule has 1 aromatic heterocycles. The van der Waals surface area contributed by atoms with Gasteiger partial charge >= 0.3 is 29.6 Å². The molecule has 13 heavy (non-hydrogen) atoms. The molecule has 2 rings (SSSR count). The van der Waals surface area contributed by atoms with Crippen molar-refractivity contribution in [3.05, 3.63) is 24.6 Å². The van der Waals surface area contributed by atoms with Crippen molar-refractivity contribution in [2.24, 2.45) is 0 Å². The quantitative estimate of drug-likeness (QED) is 0.401. The zero-order valence-corrected chi connectivity index (χ0v) is 9.71. The van der Waals surface area contributed by atoms with Gasteiger partial charge in [0.15, 0.2) is 12.0 Å². The predicted octanol–water partition coefficient (Wildman–Crippen LogP) is -1.93. The largest absolute Gasteiger partial charge is 1.00 e. The van der Waals surface area contributed by atoms with Gasteiger partial charge < -0.3 is 8.97 Å². The second kappa shape index (κ2) is 4.34. The fraction of sp³-hybridized carbons (Fsp3) is 0. The molecular weight excluding hydrogens is 201 g/mol. The molecule has 0 aliphatic heterocycles. The second-order valence-corrected chi connectivity index (χ2v) is 3.16. The van der Waals surface area contributed by atoms with E-state index in [0.29, 0.717) is 11.1 Å². The van der Waals surface area contributed by atoms with Crippen molar-refractivity contribution >= 4 is 22.2 Å². The Morgan fingerprint density at radius 1 is 1.46 bits per heavy atom. The molecule has 0 aliphatic carbocycles. The van der Waals surface area contributed by atoms with Crippen molar-refractivity contribution in [1.29, 1.82) is 0 Å². The molecule has 1 heterocycles. The molecule has 62 valence electrons. The monoisotopic (exact) mass is 205 g/mol. The predicted molar refractivity (Wildman–Crippen MR) is 41.2 cm³/mol. The van der Waals surface area contributed by atoms with Gasteiger partial charge in [-0.05, 0) is 29.3 Å². The van der Waals surface area contributed by atoms with Gasteiger partial charge in [-0.1, -0.05) is 0 Å². The zero-order chi connectivity index (χ0) is 8.55. The molecule has 1 aromatic carbocycles. The first-order chi connectivity index (χ1) is 5.77. The van der Waals surface area contributed by atoms with Crippen LogP contribution in [-0.2, 0) is 11.1 Å². The summed E-state index contributed by atoms with van der Waals surface area (Å²) < 4.78 is 26.0. The van der Waals surface area contributed by atoms with Crippen LogP contribution in [0.5, 0.6) is 0 Å². The van der Waals surface area contributed by atoms with Crippen LogP contribution in [0.1, 0.15) is 0 Å². The van der Waals surface area contributed by atoms with Crippen molar-refractivity contribution in [2.75, 3.05) is 0 Å². The molecule has 0 saturated heterocycles. The number of oxazole rings is 1. The maximum Gasteiger partial charge on any atom is 1.00 e. The van der Waals surface area contributed by atoms with E-state index in [9.17, 15) is 8.76 Å². The van der Waals surface area contributed by atoms with E-state index in [0.717, 1.165) is 0 Å². The molecule has 1 unspecified atom stereocenters. The molecule has 0 radical (unpaired) electrons. The van der Waals surface area contributed by atoms with E-state index >= 15 is 0 Å². The summed E-state index contributed by atoms with van der Waals surface area (Å²) in [6.07, 6.45) is 1.28. The molecular formula is C7H4NNaO3S. The number of hydrogen-bond donors (Lipinski definition) is 0. The van der Waals surface area contributed by atoms with E-state index in [4.69, 9.17) is 4.42 Å². The number of rotatable bonds is 1. The Balaban J connectivity index is 0.000000845. The minimum absolute atomic E-state index is 0. The summed E-state index contributed by atoms with van der Waals surface area (Å²) in [5, 5.41) is 0. The van der Waals surface area contributed by atoms with Crippen LogP contribution in [0.2, 0.25) is 0 Å². The van der Waals surface area contributed by atoms with Crippen molar-refractivity contribution in [2.45, 2.75) is 4.90 Å². The molecule has 1 atom stereocenters. The molecule has 0 saturated carbocycles. The van der Waals surface area contributed by atoms with E-state index in [2.05, 4.69) is 4.98 Å². The van der Waals surface area contributed by atoms with Crippen LogP contribution >= 0.6 is 0 Å². The maximum absolute atomic E-state index is 10.5. The molecule has 0 fully saturated rings. The molecule has 0 N–H and O–H groups in total. The smallest absolute Gasteiger partial charge is 0.768 e. The van der Waals surface area contributed by atoms with Crippen LogP contribution in [0.3, 0.4) is 0 Å². The van der Waals surface area contributed by atoms with Crippen LogP contribution in [-0.4, -0.2) is 13.7 Å². The molecule has 4 nitrogen and oxygen atoms in total. The molecule has 0 spiro atoms. The van der Waals surface area contributed by atoms with Crippen LogP contribution in [0.4, 0.5) is 0 Å². The van der Waals surface area contributed by atoms with Crippen LogP contribution in [0, 0.1) is 0 Å². The topological polar surface area (TPSA) is 66.2 Å². The van der Waals surface area contributed by atoms with Gasteiger partial charge in [0.25, 0.3) is 0 Å². The van der Waals surface area contributed by atoms with Gasteiger partial charge in [0.2, 0.25) is 0 Å². The van der Waals surface area contributed by atoms with E-state index in [1.807, 2.05) is 0 Å². The summed E-state index contributed by atoms with van der Waals surface area (Å²) in [6.45, 7) is 0. The normalized spacial score (nSPS) is 12.4. The molecule has 6 heteroatoms. The van der Waals surface area contributed by atoms with E-state index < -0.39 is 11.1 Å². The van der Waals surface area contributed by atoms with Crippen LogP contribution in [0.15, 0.2) is 33.9 Å². The van der Waals surface area contributed by atoms with Gasteiger partial charge in [-0.15, -0.1) is 0 Å². The minimum atomic E-state index is -2.20. The number of aromatic nitrogens is 1. The average Bonchev–Trinajstić information content (AvgIpc) is 2.49. The minimum Gasteiger partial charge on any atom is -0.768 e. The third-order valence-corrected chi connectivity index (χ3v) is 2.13. The molecule has 0 amide bonds. The fourth-order valence-corrected chi connectivity index (χ4v) is 1.33. The third kappa shape index (κ3) is 2.18. The van der Waals surface area contributed by atoms with Gasteiger partial charge in [-0.2, -0.15) is 0 Å². The maximum atomic E-state index is 10.5. The van der Waals surface area contributed by atoms with Gasteiger partial charge in [0.05, 0.1) is 0 Å². The van der Waals surface area contributed by atoms with Crippen LogP contribution < -0.4 is 29.6 Å². The summed E-state index contributed by atoms with van der Waals surface area (Å²) in [7, 11) is 0. The second-order valence-electron chi connectivity index (χ2n) is 2.22. The Morgan fingerprint density at radius 2 is 2.23 bits per heavy atom. The Labute approximate surface area is 98.9 Å². The summed E-state index contributed by atoms with van der Waals surface area (Å²) in [4.78, 5) is 4.04. The van der Waals surface area contributed by atoms with Crippen molar-refractivity contribution in [3.8, 4) is 0 Å². The Kier molecular flexibility index (Phi) is 3.63. The van der Waals surface area contributed by atoms with Gasteiger partial charge in [0.1, 0.15) is 5.52 Å². The standard InChI is InChI=1S/C7H5NO3S.Na/c9-12(10)5-1-2-7-6(3-5)8-4-11-7;/h1-4H,(H,9,10);/q;+1/p-1. The van der Waals surface area contributed by atoms with Gasteiger partial charge in [0, 0.05) is 4.90 Å².